The number of rotatable bonds is 4. The van der Waals surface area contributed by atoms with E-state index in [0.717, 1.165) is 0 Å². The van der Waals surface area contributed by atoms with Gasteiger partial charge in [0.05, 0.1) is 0 Å². The zero-order valence-corrected chi connectivity index (χ0v) is 11.4. The molecule has 74 valence electrons. The van der Waals surface area contributed by atoms with Gasteiger partial charge in [0.2, 0.25) is 16.6 Å². The highest BCUT2D eigenvalue weighted by Crippen LogP contribution is 2.11. The highest BCUT2D eigenvalue weighted by atomic mass is 32.2. The van der Waals surface area contributed by atoms with Gasteiger partial charge in [-0.3, -0.25) is 0 Å². The Morgan fingerprint density at radius 3 is 1.25 bits per heavy atom. The molecule has 0 radical (unpaired) electrons. The first-order valence-corrected chi connectivity index (χ1v) is 11.7. The molecule has 0 rings (SSSR count). The Hall–Kier alpha value is 0.504. The van der Waals surface area contributed by atoms with Crippen LogP contribution in [0.2, 0.25) is 39.3 Å². The fraction of sp³-hybridized carbons (Fsp3) is 1.00. The highest BCUT2D eigenvalue weighted by molar-refractivity contribution is 7.77. The normalized spacial score (nSPS) is 13.9. The summed E-state index contributed by atoms with van der Waals surface area (Å²) in [5.74, 6) is 0. The van der Waals surface area contributed by atoms with E-state index in [1.54, 1.807) is 0 Å². The van der Waals surface area contributed by atoms with Crippen LogP contribution in [0.4, 0.5) is 0 Å². The molecule has 0 bridgehead atoms. The summed E-state index contributed by atoms with van der Waals surface area (Å²) in [7, 11) is -3.45. The molecule has 0 aromatic carbocycles. The molecule has 0 heterocycles. The molecule has 0 aromatic rings. The molecule has 0 atom stereocenters. The molecular formula is C6H18O3SSi2. The molecule has 0 saturated carbocycles. The molecule has 0 N–H and O–H groups in total. The van der Waals surface area contributed by atoms with Crippen molar-refractivity contribution in [2.24, 2.45) is 0 Å². The van der Waals surface area contributed by atoms with E-state index in [1.165, 1.54) is 0 Å². The first-order chi connectivity index (χ1) is 5.10. The topological polar surface area (TPSA) is 35.5 Å². The van der Waals surface area contributed by atoms with E-state index in [1.807, 2.05) is 39.3 Å². The largest absolute Gasteiger partial charge is 0.315 e. The predicted molar refractivity (Wildman–Crippen MR) is 57.0 cm³/mol. The van der Waals surface area contributed by atoms with Crippen LogP contribution in [0, 0.1) is 0 Å². The lowest BCUT2D eigenvalue weighted by Gasteiger charge is -2.20. The third-order valence-electron chi connectivity index (χ3n) is 0.636. The zero-order chi connectivity index (χ0) is 9.99. The van der Waals surface area contributed by atoms with Gasteiger partial charge in [-0.05, 0) is 39.3 Å². The van der Waals surface area contributed by atoms with Gasteiger partial charge in [0.15, 0.2) is 0 Å². The summed E-state index contributed by atoms with van der Waals surface area (Å²) >= 11 is -1.54. The Kier molecular flexibility index (Phi) is 4.32. The van der Waals surface area contributed by atoms with Gasteiger partial charge in [-0.25, -0.2) is 0 Å². The molecule has 0 aliphatic heterocycles. The smallest absolute Gasteiger partial charge is 0.283 e. The van der Waals surface area contributed by atoms with Gasteiger partial charge >= 0.3 is 0 Å². The van der Waals surface area contributed by atoms with Crippen LogP contribution in [-0.2, 0) is 19.1 Å². The molecule has 12 heavy (non-hydrogen) atoms. The molecule has 0 amide bonds. The second-order valence-corrected chi connectivity index (χ2v) is 14.8. The van der Waals surface area contributed by atoms with E-state index in [4.69, 9.17) is 7.74 Å². The minimum Gasteiger partial charge on any atom is -0.315 e. The van der Waals surface area contributed by atoms with Crippen LogP contribution in [0.1, 0.15) is 0 Å². The molecule has 0 aliphatic rings. The second kappa shape index (κ2) is 4.14. The predicted octanol–water partition coefficient (Wildman–Crippen LogP) is 2.27. The van der Waals surface area contributed by atoms with E-state index in [9.17, 15) is 4.21 Å². The van der Waals surface area contributed by atoms with Crippen molar-refractivity contribution < 1.29 is 12.0 Å². The Bertz CT molecular complexity index is 153. The van der Waals surface area contributed by atoms with Gasteiger partial charge < -0.3 is 7.74 Å². The van der Waals surface area contributed by atoms with Crippen molar-refractivity contribution in [1.29, 1.82) is 0 Å². The van der Waals surface area contributed by atoms with Crippen LogP contribution in [0.3, 0.4) is 0 Å². The second-order valence-electron chi connectivity index (χ2n) is 4.60. The summed E-state index contributed by atoms with van der Waals surface area (Å²) in [5.41, 5.74) is 0. The van der Waals surface area contributed by atoms with Crippen LogP contribution in [0.25, 0.3) is 0 Å². The standard InChI is InChI=1S/C6H18O3SSi2/c1-11(2,3)8-10(7)9-12(4,5)6/h1-6H3. The minimum absolute atomic E-state index is 1.54. The average Bonchev–Trinajstić information content (AvgIpc) is 1.49. The first kappa shape index (κ1) is 12.5. The van der Waals surface area contributed by atoms with E-state index in [2.05, 4.69) is 0 Å². The average molecular weight is 226 g/mol. The summed E-state index contributed by atoms with van der Waals surface area (Å²) in [6, 6.07) is 0. The van der Waals surface area contributed by atoms with Gasteiger partial charge in [-0.2, -0.15) is 4.21 Å². The lowest BCUT2D eigenvalue weighted by molar-refractivity contribution is 0.460. The lowest BCUT2D eigenvalue weighted by Crippen LogP contribution is -2.33. The third kappa shape index (κ3) is 8.60. The molecule has 0 aromatic heterocycles. The Labute approximate surface area is 79.6 Å². The third-order valence-corrected chi connectivity index (χ3v) is 5.72. The lowest BCUT2D eigenvalue weighted by atomic mass is 11.8. The molecule has 0 unspecified atom stereocenters. The van der Waals surface area contributed by atoms with Crippen molar-refractivity contribution in [3.05, 3.63) is 0 Å². The number of hydrogen-bond donors (Lipinski definition) is 0. The van der Waals surface area contributed by atoms with Crippen molar-refractivity contribution >= 4 is 28.0 Å². The maximum atomic E-state index is 11.2. The Balaban J connectivity index is 3.92. The summed E-state index contributed by atoms with van der Waals surface area (Å²) in [4.78, 5) is 0. The monoisotopic (exact) mass is 226 g/mol. The van der Waals surface area contributed by atoms with Crippen molar-refractivity contribution in [2.75, 3.05) is 0 Å². The zero-order valence-electron chi connectivity index (χ0n) is 8.63. The Morgan fingerprint density at radius 1 is 0.833 bits per heavy atom. The van der Waals surface area contributed by atoms with Crippen molar-refractivity contribution in [3.8, 4) is 0 Å². The molecule has 3 nitrogen and oxygen atoms in total. The summed E-state index contributed by atoms with van der Waals surface area (Å²) < 4.78 is 21.7. The molecule has 0 fully saturated rings. The fourth-order valence-electron chi connectivity index (χ4n) is 0.425. The first-order valence-electron chi connectivity index (χ1n) is 3.91. The van der Waals surface area contributed by atoms with E-state index < -0.39 is 28.0 Å². The van der Waals surface area contributed by atoms with Crippen LogP contribution < -0.4 is 0 Å². The summed E-state index contributed by atoms with van der Waals surface area (Å²) in [6.07, 6.45) is 0. The van der Waals surface area contributed by atoms with E-state index in [0.29, 0.717) is 0 Å². The van der Waals surface area contributed by atoms with Gasteiger partial charge in [0.25, 0.3) is 11.4 Å². The molecular weight excluding hydrogens is 208 g/mol. The molecule has 0 spiro atoms. The van der Waals surface area contributed by atoms with Crippen molar-refractivity contribution in [3.63, 3.8) is 0 Å². The SMILES string of the molecule is C[Si](C)(C)OS(=O)O[Si](C)(C)C. The Morgan fingerprint density at radius 2 is 1.08 bits per heavy atom. The van der Waals surface area contributed by atoms with E-state index >= 15 is 0 Å². The molecule has 0 saturated heterocycles. The van der Waals surface area contributed by atoms with Gasteiger partial charge in [0.1, 0.15) is 0 Å². The van der Waals surface area contributed by atoms with Crippen molar-refractivity contribution in [1.82, 2.24) is 0 Å². The van der Waals surface area contributed by atoms with Gasteiger partial charge in [0, 0.05) is 0 Å². The quantitative estimate of drug-likeness (QED) is 0.690. The van der Waals surface area contributed by atoms with Crippen LogP contribution in [0.5, 0.6) is 0 Å². The molecule has 0 aliphatic carbocycles. The number of hydrogen-bond acceptors (Lipinski definition) is 3. The molecule has 6 heteroatoms. The fourth-order valence-corrected chi connectivity index (χ4v) is 4.13. The van der Waals surface area contributed by atoms with Crippen LogP contribution in [0.15, 0.2) is 0 Å². The maximum Gasteiger partial charge on any atom is 0.283 e. The summed E-state index contributed by atoms with van der Waals surface area (Å²) in [6.45, 7) is 11.9. The van der Waals surface area contributed by atoms with Gasteiger partial charge in [-0.15, -0.1) is 0 Å². The van der Waals surface area contributed by atoms with E-state index in [-0.39, 0.29) is 0 Å². The summed E-state index contributed by atoms with van der Waals surface area (Å²) in [5, 5.41) is 0. The maximum absolute atomic E-state index is 11.2. The van der Waals surface area contributed by atoms with Crippen LogP contribution >= 0.6 is 0 Å². The van der Waals surface area contributed by atoms with Crippen LogP contribution in [-0.4, -0.2) is 20.8 Å². The van der Waals surface area contributed by atoms with Crippen molar-refractivity contribution in [2.45, 2.75) is 39.3 Å². The minimum atomic E-state index is -1.72. The highest BCUT2D eigenvalue weighted by Gasteiger charge is 2.24. The van der Waals surface area contributed by atoms with Gasteiger partial charge in [-0.1, -0.05) is 0 Å².